The highest BCUT2D eigenvalue weighted by atomic mass is 16.2. The molecule has 1 amide bonds. The third-order valence-corrected chi connectivity index (χ3v) is 2.75. The second kappa shape index (κ2) is 4.43. The number of amides is 1. The summed E-state index contributed by atoms with van der Waals surface area (Å²) in [4.78, 5) is 18.0. The topological polar surface area (TPSA) is 33.2 Å². The summed E-state index contributed by atoms with van der Waals surface area (Å²) in [6.45, 7) is 2.89. The van der Waals surface area contributed by atoms with Gasteiger partial charge in [-0.25, -0.2) is 4.98 Å². The smallest absolute Gasteiger partial charge is 0.228 e. The first-order valence-corrected chi connectivity index (χ1v) is 5.57. The molecule has 1 fully saturated rings. The standard InChI is InChI=1S/C12H16N2O/c1-2-10-6-5-7-11(13-10)14-9-4-3-8-12(14)15/h5-7H,2-4,8-9H2,1H3. The van der Waals surface area contributed by atoms with E-state index in [2.05, 4.69) is 11.9 Å². The van der Waals surface area contributed by atoms with Crippen LogP contribution in [0.1, 0.15) is 31.9 Å². The van der Waals surface area contributed by atoms with E-state index >= 15 is 0 Å². The zero-order valence-electron chi connectivity index (χ0n) is 9.07. The lowest BCUT2D eigenvalue weighted by atomic mass is 10.1. The van der Waals surface area contributed by atoms with Crippen molar-refractivity contribution in [1.29, 1.82) is 0 Å². The van der Waals surface area contributed by atoms with Crippen LogP contribution in [-0.2, 0) is 11.2 Å². The number of hydrogen-bond acceptors (Lipinski definition) is 2. The molecule has 0 radical (unpaired) electrons. The van der Waals surface area contributed by atoms with Gasteiger partial charge < -0.3 is 0 Å². The summed E-state index contributed by atoms with van der Waals surface area (Å²) in [5.41, 5.74) is 1.05. The minimum atomic E-state index is 0.210. The van der Waals surface area contributed by atoms with E-state index in [-0.39, 0.29) is 5.91 Å². The molecule has 2 heterocycles. The predicted molar refractivity (Wildman–Crippen MR) is 59.8 cm³/mol. The summed E-state index contributed by atoms with van der Waals surface area (Å²) in [6, 6.07) is 5.89. The second-order valence-corrected chi connectivity index (χ2v) is 3.84. The van der Waals surface area contributed by atoms with E-state index in [1.807, 2.05) is 23.1 Å². The van der Waals surface area contributed by atoms with Gasteiger partial charge in [0.2, 0.25) is 5.91 Å². The average Bonchev–Trinajstić information content (AvgIpc) is 2.30. The average molecular weight is 204 g/mol. The molecule has 0 N–H and O–H groups in total. The molecule has 1 aliphatic rings. The molecule has 0 unspecified atom stereocenters. The van der Waals surface area contributed by atoms with Crippen LogP contribution in [-0.4, -0.2) is 17.4 Å². The summed E-state index contributed by atoms with van der Waals surface area (Å²) in [5.74, 6) is 1.03. The van der Waals surface area contributed by atoms with Crippen LogP contribution in [0.2, 0.25) is 0 Å². The van der Waals surface area contributed by atoms with Crippen molar-refractivity contribution in [2.24, 2.45) is 0 Å². The molecular formula is C12H16N2O. The number of piperidine rings is 1. The SMILES string of the molecule is CCc1cccc(N2CCCCC2=O)n1. The minimum Gasteiger partial charge on any atom is -0.297 e. The van der Waals surface area contributed by atoms with Gasteiger partial charge in [0.15, 0.2) is 0 Å². The van der Waals surface area contributed by atoms with Gasteiger partial charge in [-0.3, -0.25) is 9.69 Å². The van der Waals surface area contributed by atoms with Gasteiger partial charge in [0.1, 0.15) is 5.82 Å². The van der Waals surface area contributed by atoms with Crippen molar-refractivity contribution < 1.29 is 4.79 Å². The summed E-state index contributed by atoms with van der Waals surface area (Å²) < 4.78 is 0. The van der Waals surface area contributed by atoms with Crippen molar-refractivity contribution in [1.82, 2.24) is 4.98 Å². The van der Waals surface area contributed by atoms with Gasteiger partial charge in [-0.2, -0.15) is 0 Å². The normalized spacial score (nSPS) is 16.9. The number of hydrogen-bond donors (Lipinski definition) is 0. The fraction of sp³-hybridized carbons (Fsp3) is 0.500. The highest BCUT2D eigenvalue weighted by molar-refractivity contribution is 5.92. The minimum absolute atomic E-state index is 0.210. The quantitative estimate of drug-likeness (QED) is 0.739. The van der Waals surface area contributed by atoms with Gasteiger partial charge in [-0.1, -0.05) is 13.0 Å². The Hall–Kier alpha value is -1.38. The Morgan fingerprint density at radius 3 is 3.00 bits per heavy atom. The van der Waals surface area contributed by atoms with Gasteiger partial charge in [0, 0.05) is 18.7 Å². The van der Waals surface area contributed by atoms with E-state index in [1.165, 1.54) is 0 Å². The molecule has 0 bridgehead atoms. The number of anilines is 1. The number of carbonyl (C=O) groups excluding carboxylic acids is 1. The monoisotopic (exact) mass is 204 g/mol. The largest absolute Gasteiger partial charge is 0.297 e. The fourth-order valence-electron chi connectivity index (χ4n) is 1.86. The van der Waals surface area contributed by atoms with Crippen LogP contribution in [0.4, 0.5) is 5.82 Å². The van der Waals surface area contributed by atoms with Crippen molar-refractivity contribution in [2.75, 3.05) is 11.4 Å². The Morgan fingerprint density at radius 1 is 1.40 bits per heavy atom. The zero-order valence-corrected chi connectivity index (χ0v) is 9.07. The molecule has 3 heteroatoms. The van der Waals surface area contributed by atoms with E-state index in [9.17, 15) is 4.79 Å². The molecule has 0 spiro atoms. The maximum atomic E-state index is 11.7. The lowest BCUT2D eigenvalue weighted by Gasteiger charge is -2.25. The number of carbonyl (C=O) groups is 1. The van der Waals surface area contributed by atoms with E-state index in [0.29, 0.717) is 6.42 Å². The Bertz CT molecular complexity index is 362. The summed E-state index contributed by atoms with van der Waals surface area (Å²) in [6.07, 6.45) is 3.68. The first-order chi connectivity index (χ1) is 7.31. The molecule has 1 aromatic rings. The lowest BCUT2D eigenvalue weighted by molar-refractivity contribution is -0.119. The van der Waals surface area contributed by atoms with E-state index in [0.717, 1.165) is 37.3 Å². The van der Waals surface area contributed by atoms with Crippen molar-refractivity contribution in [3.63, 3.8) is 0 Å². The molecule has 15 heavy (non-hydrogen) atoms. The third-order valence-electron chi connectivity index (χ3n) is 2.75. The number of aromatic nitrogens is 1. The number of rotatable bonds is 2. The van der Waals surface area contributed by atoms with Crippen molar-refractivity contribution in [3.05, 3.63) is 23.9 Å². The van der Waals surface area contributed by atoms with Crippen LogP contribution in [0.15, 0.2) is 18.2 Å². The van der Waals surface area contributed by atoms with Crippen LogP contribution in [0, 0.1) is 0 Å². The van der Waals surface area contributed by atoms with E-state index < -0.39 is 0 Å². The molecular weight excluding hydrogens is 188 g/mol. The number of aryl methyl sites for hydroxylation is 1. The van der Waals surface area contributed by atoms with Gasteiger partial charge in [0.25, 0.3) is 0 Å². The molecule has 0 aliphatic carbocycles. The third kappa shape index (κ3) is 2.17. The van der Waals surface area contributed by atoms with Gasteiger partial charge in [0.05, 0.1) is 0 Å². The van der Waals surface area contributed by atoms with E-state index in [4.69, 9.17) is 0 Å². The molecule has 0 atom stereocenters. The van der Waals surface area contributed by atoms with Crippen LogP contribution >= 0.6 is 0 Å². The van der Waals surface area contributed by atoms with Crippen LogP contribution < -0.4 is 4.90 Å². The maximum Gasteiger partial charge on any atom is 0.228 e. The molecule has 1 saturated heterocycles. The zero-order chi connectivity index (χ0) is 10.7. The molecule has 2 rings (SSSR count). The molecule has 0 aromatic carbocycles. The van der Waals surface area contributed by atoms with Crippen LogP contribution in [0.3, 0.4) is 0 Å². The van der Waals surface area contributed by atoms with Crippen LogP contribution in [0.25, 0.3) is 0 Å². The predicted octanol–water partition coefficient (Wildman–Crippen LogP) is 2.16. The highest BCUT2D eigenvalue weighted by Gasteiger charge is 2.20. The molecule has 1 aliphatic heterocycles. The first-order valence-electron chi connectivity index (χ1n) is 5.57. The van der Waals surface area contributed by atoms with Gasteiger partial charge in [-0.05, 0) is 31.4 Å². The Labute approximate surface area is 90.1 Å². The van der Waals surface area contributed by atoms with Crippen molar-refractivity contribution in [2.45, 2.75) is 32.6 Å². The van der Waals surface area contributed by atoms with Crippen LogP contribution in [0.5, 0.6) is 0 Å². The molecule has 80 valence electrons. The van der Waals surface area contributed by atoms with Gasteiger partial charge >= 0.3 is 0 Å². The molecule has 1 aromatic heterocycles. The van der Waals surface area contributed by atoms with Crippen molar-refractivity contribution in [3.8, 4) is 0 Å². The summed E-state index contributed by atoms with van der Waals surface area (Å²) in [5, 5.41) is 0. The Kier molecular flexibility index (Phi) is 2.99. The summed E-state index contributed by atoms with van der Waals surface area (Å²) >= 11 is 0. The highest BCUT2D eigenvalue weighted by Crippen LogP contribution is 2.18. The number of pyridine rings is 1. The lowest BCUT2D eigenvalue weighted by Crippen LogP contribution is -2.35. The Morgan fingerprint density at radius 2 is 2.27 bits per heavy atom. The maximum absolute atomic E-state index is 11.7. The number of nitrogens with zero attached hydrogens (tertiary/aromatic N) is 2. The summed E-state index contributed by atoms with van der Waals surface area (Å²) in [7, 11) is 0. The fourth-order valence-corrected chi connectivity index (χ4v) is 1.86. The molecule has 0 saturated carbocycles. The van der Waals surface area contributed by atoms with Crippen molar-refractivity contribution >= 4 is 11.7 Å². The Balaban J connectivity index is 2.23. The molecule has 3 nitrogen and oxygen atoms in total. The first kappa shape index (κ1) is 10.1. The van der Waals surface area contributed by atoms with Gasteiger partial charge in [-0.15, -0.1) is 0 Å². The van der Waals surface area contributed by atoms with E-state index in [1.54, 1.807) is 0 Å². The second-order valence-electron chi connectivity index (χ2n) is 3.84.